The summed E-state index contributed by atoms with van der Waals surface area (Å²) in [6.45, 7) is 10.3. The highest BCUT2D eigenvalue weighted by molar-refractivity contribution is 5.38. The van der Waals surface area contributed by atoms with E-state index < -0.39 is 0 Å². The molecule has 1 atom stereocenters. The summed E-state index contributed by atoms with van der Waals surface area (Å²) >= 11 is 0. The minimum Gasteiger partial charge on any atom is -0.492 e. The maximum Gasteiger partial charge on any atom is 0.122 e. The van der Waals surface area contributed by atoms with E-state index in [4.69, 9.17) is 4.74 Å². The molecule has 0 aliphatic rings. The Bertz CT molecular complexity index is 323. The number of benzene rings is 1. The van der Waals surface area contributed by atoms with Gasteiger partial charge in [0.1, 0.15) is 12.4 Å². The maximum absolute atomic E-state index is 5.81. The van der Waals surface area contributed by atoms with Gasteiger partial charge in [-0.25, -0.2) is 0 Å². The van der Waals surface area contributed by atoms with Gasteiger partial charge in [-0.15, -0.1) is 0 Å². The van der Waals surface area contributed by atoms with Crippen LogP contribution in [0.2, 0.25) is 0 Å². The van der Waals surface area contributed by atoms with E-state index in [2.05, 4.69) is 39.1 Å². The van der Waals surface area contributed by atoms with Gasteiger partial charge in [0.05, 0.1) is 0 Å². The highest BCUT2D eigenvalue weighted by Crippen LogP contribution is 2.20. The molecule has 0 radical (unpaired) electrons. The first kappa shape index (κ1) is 13.0. The van der Waals surface area contributed by atoms with Crippen molar-refractivity contribution < 1.29 is 4.74 Å². The normalized spacial score (nSPS) is 12.5. The summed E-state index contributed by atoms with van der Waals surface area (Å²) < 4.78 is 5.81. The number of aryl methyl sites for hydroxylation is 1. The minimum atomic E-state index is 0.403. The molecule has 0 heterocycles. The number of hydrogen-bond donors (Lipinski definition) is 1. The molecule has 1 rings (SSSR count). The smallest absolute Gasteiger partial charge is 0.122 e. The molecule has 2 nitrogen and oxygen atoms in total. The first-order valence-electron chi connectivity index (χ1n) is 6.07. The zero-order chi connectivity index (χ0) is 12.0. The Balaban J connectivity index is 2.45. The fourth-order valence-electron chi connectivity index (χ4n) is 1.54. The Morgan fingerprint density at radius 3 is 2.75 bits per heavy atom. The highest BCUT2D eigenvalue weighted by Gasteiger charge is 2.04. The van der Waals surface area contributed by atoms with Crippen LogP contribution < -0.4 is 10.1 Å². The number of rotatable bonds is 6. The molecule has 2 heteroatoms. The Hall–Kier alpha value is -1.02. The standard InChI is InChI=1S/C14H23NO/c1-5-9-15-12(3)10-16-14-8-6-7-11(2)13(14)4/h6-8,12,15H,5,9-10H2,1-4H3. The first-order chi connectivity index (χ1) is 7.65. The second-order valence-corrected chi connectivity index (χ2v) is 4.36. The van der Waals surface area contributed by atoms with Crippen LogP contribution in [0.5, 0.6) is 5.75 Å². The summed E-state index contributed by atoms with van der Waals surface area (Å²) in [5.74, 6) is 1.00. The molecule has 0 bridgehead atoms. The van der Waals surface area contributed by atoms with Crippen LogP contribution >= 0.6 is 0 Å². The average molecular weight is 221 g/mol. The molecule has 0 saturated carbocycles. The molecule has 0 aromatic heterocycles. The van der Waals surface area contributed by atoms with E-state index >= 15 is 0 Å². The molecule has 90 valence electrons. The van der Waals surface area contributed by atoms with Gasteiger partial charge in [-0.2, -0.15) is 0 Å². The lowest BCUT2D eigenvalue weighted by Crippen LogP contribution is -2.32. The van der Waals surface area contributed by atoms with Crippen molar-refractivity contribution >= 4 is 0 Å². The summed E-state index contributed by atoms with van der Waals surface area (Å²) in [4.78, 5) is 0. The van der Waals surface area contributed by atoms with Crippen LogP contribution in [-0.4, -0.2) is 19.2 Å². The summed E-state index contributed by atoms with van der Waals surface area (Å²) in [5, 5.41) is 3.41. The first-order valence-corrected chi connectivity index (χ1v) is 6.07. The lowest BCUT2D eigenvalue weighted by molar-refractivity contribution is 0.272. The predicted octanol–water partition coefficient (Wildman–Crippen LogP) is 3.07. The molecule has 0 amide bonds. The molecular formula is C14H23NO. The van der Waals surface area contributed by atoms with Gasteiger partial charge in [0.2, 0.25) is 0 Å². The molecule has 1 N–H and O–H groups in total. The molecular weight excluding hydrogens is 198 g/mol. The van der Waals surface area contributed by atoms with Crippen molar-refractivity contribution in [3.8, 4) is 5.75 Å². The minimum absolute atomic E-state index is 0.403. The third-order valence-electron chi connectivity index (χ3n) is 2.79. The SMILES string of the molecule is CCCNC(C)COc1cccc(C)c1C. The van der Waals surface area contributed by atoms with E-state index in [9.17, 15) is 0 Å². The van der Waals surface area contributed by atoms with E-state index in [0.29, 0.717) is 6.04 Å². The van der Waals surface area contributed by atoms with Crippen molar-refractivity contribution in [3.63, 3.8) is 0 Å². The molecule has 0 aliphatic heterocycles. The third-order valence-corrected chi connectivity index (χ3v) is 2.79. The zero-order valence-electron chi connectivity index (χ0n) is 10.8. The van der Waals surface area contributed by atoms with Crippen LogP contribution in [-0.2, 0) is 0 Å². The second-order valence-electron chi connectivity index (χ2n) is 4.36. The van der Waals surface area contributed by atoms with Crippen LogP contribution in [0.3, 0.4) is 0 Å². The Morgan fingerprint density at radius 2 is 2.06 bits per heavy atom. The van der Waals surface area contributed by atoms with Gasteiger partial charge in [0, 0.05) is 6.04 Å². The van der Waals surface area contributed by atoms with Crippen LogP contribution in [0.15, 0.2) is 18.2 Å². The Labute approximate surface area is 99.0 Å². The molecule has 1 unspecified atom stereocenters. The Kier molecular flexibility index (Phi) is 5.33. The molecule has 16 heavy (non-hydrogen) atoms. The van der Waals surface area contributed by atoms with Crippen molar-refractivity contribution in [1.82, 2.24) is 5.32 Å². The van der Waals surface area contributed by atoms with Crippen LogP contribution in [0.25, 0.3) is 0 Å². The summed E-state index contributed by atoms with van der Waals surface area (Å²) in [6.07, 6.45) is 1.16. The van der Waals surface area contributed by atoms with Crippen LogP contribution in [0.4, 0.5) is 0 Å². The maximum atomic E-state index is 5.81. The van der Waals surface area contributed by atoms with Gasteiger partial charge in [-0.1, -0.05) is 19.1 Å². The fourth-order valence-corrected chi connectivity index (χ4v) is 1.54. The van der Waals surface area contributed by atoms with Gasteiger partial charge in [0.25, 0.3) is 0 Å². The van der Waals surface area contributed by atoms with Gasteiger partial charge in [-0.3, -0.25) is 0 Å². The van der Waals surface area contributed by atoms with Crippen LogP contribution in [0.1, 0.15) is 31.4 Å². The topological polar surface area (TPSA) is 21.3 Å². The fraction of sp³-hybridized carbons (Fsp3) is 0.571. The molecule has 1 aromatic rings. The van der Waals surface area contributed by atoms with Crippen molar-refractivity contribution in [2.24, 2.45) is 0 Å². The average Bonchev–Trinajstić information content (AvgIpc) is 2.28. The molecule has 0 fully saturated rings. The summed E-state index contributed by atoms with van der Waals surface area (Å²) in [5.41, 5.74) is 2.52. The number of ether oxygens (including phenoxy) is 1. The number of nitrogens with one attached hydrogen (secondary N) is 1. The van der Waals surface area contributed by atoms with Crippen molar-refractivity contribution in [3.05, 3.63) is 29.3 Å². The molecule has 0 aliphatic carbocycles. The molecule has 0 saturated heterocycles. The third kappa shape index (κ3) is 3.86. The second kappa shape index (κ2) is 6.54. The van der Waals surface area contributed by atoms with Crippen molar-refractivity contribution in [1.29, 1.82) is 0 Å². The van der Waals surface area contributed by atoms with E-state index in [-0.39, 0.29) is 0 Å². The van der Waals surface area contributed by atoms with Crippen molar-refractivity contribution in [2.45, 2.75) is 40.2 Å². The van der Waals surface area contributed by atoms with Gasteiger partial charge in [0.15, 0.2) is 0 Å². The zero-order valence-corrected chi connectivity index (χ0v) is 10.8. The summed E-state index contributed by atoms with van der Waals surface area (Å²) in [7, 11) is 0. The van der Waals surface area contributed by atoms with Crippen molar-refractivity contribution in [2.75, 3.05) is 13.2 Å². The largest absolute Gasteiger partial charge is 0.492 e. The molecule has 1 aromatic carbocycles. The molecule has 0 spiro atoms. The quantitative estimate of drug-likeness (QED) is 0.797. The van der Waals surface area contributed by atoms with E-state index in [1.165, 1.54) is 11.1 Å². The monoisotopic (exact) mass is 221 g/mol. The van der Waals surface area contributed by atoms with E-state index in [1.54, 1.807) is 0 Å². The van der Waals surface area contributed by atoms with Gasteiger partial charge >= 0.3 is 0 Å². The Morgan fingerprint density at radius 1 is 1.31 bits per heavy atom. The number of hydrogen-bond acceptors (Lipinski definition) is 2. The highest BCUT2D eigenvalue weighted by atomic mass is 16.5. The van der Waals surface area contributed by atoms with E-state index in [0.717, 1.165) is 25.3 Å². The summed E-state index contributed by atoms with van der Waals surface area (Å²) in [6, 6.07) is 6.59. The lowest BCUT2D eigenvalue weighted by Gasteiger charge is -2.16. The lowest BCUT2D eigenvalue weighted by atomic mass is 10.1. The van der Waals surface area contributed by atoms with E-state index in [1.807, 2.05) is 12.1 Å². The van der Waals surface area contributed by atoms with Crippen LogP contribution in [0, 0.1) is 13.8 Å². The predicted molar refractivity (Wildman–Crippen MR) is 69.2 cm³/mol. The van der Waals surface area contributed by atoms with Gasteiger partial charge in [-0.05, 0) is 50.9 Å². The van der Waals surface area contributed by atoms with Gasteiger partial charge < -0.3 is 10.1 Å².